The summed E-state index contributed by atoms with van der Waals surface area (Å²) < 4.78 is 44.3. The molecule has 0 aromatic carbocycles. The molecule has 0 fully saturated rings. The van der Waals surface area contributed by atoms with Crippen LogP contribution >= 0.6 is 23.2 Å². The van der Waals surface area contributed by atoms with Gasteiger partial charge in [-0.25, -0.2) is 4.31 Å². The van der Waals surface area contributed by atoms with E-state index in [9.17, 15) is 18.0 Å². The number of carbonyl (C=O) groups excluding carboxylic acids is 2. The average Bonchev–Trinajstić information content (AvgIpc) is 2.80. The van der Waals surface area contributed by atoms with Gasteiger partial charge < -0.3 is 18.9 Å². The Labute approximate surface area is 174 Å². The number of carbonyl (C=O) groups is 2. The van der Waals surface area contributed by atoms with E-state index in [0.717, 1.165) is 12.8 Å². The molecule has 0 aliphatic carbocycles. The Kier molecular flexibility index (Phi) is 12.0. The maximum Gasteiger partial charge on any atom is 0.308 e. The monoisotopic (exact) mass is 461 g/mol. The molecule has 1 rings (SSSR count). The van der Waals surface area contributed by atoms with E-state index in [4.69, 9.17) is 42.1 Å². The molecular weight excluding hydrogens is 437 g/mol. The maximum absolute atomic E-state index is 11.8. The Bertz CT molecular complexity index is 653. The number of rotatable bonds is 15. The van der Waals surface area contributed by atoms with Gasteiger partial charge in [-0.1, -0.05) is 36.5 Å². The number of halogens is 2. The van der Waals surface area contributed by atoms with Crippen LogP contribution in [-0.4, -0.2) is 77.4 Å². The lowest BCUT2D eigenvalue weighted by molar-refractivity contribution is -0.145. The fourth-order valence-electron chi connectivity index (χ4n) is 1.98. The van der Waals surface area contributed by atoms with E-state index < -0.39 is 25.3 Å². The Morgan fingerprint density at radius 1 is 0.964 bits per heavy atom. The van der Waals surface area contributed by atoms with Crippen LogP contribution in [0, 0.1) is 0 Å². The number of hydrogen-bond acceptors (Lipinski definition) is 8. The summed E-state index contributed by atoms with van der Waals surface area (Å²) in [7, 11) is -4.05. The van der Waals surface area contributed by atoms with Gasteiger partial charge in [-0.2, -0.15) is 8.42 Å². The molecule has 162 valence electrons. The standard InChI is InChI=1S/C16H25Cl2NO8S/c1-2-3-6-27-13(20)4-7-24-9-11-26-12-10-25-8-5-19-16(21)14(17)15(18)28(19,22)23/h2-12H2,1H3. The second-order valence-corrected chi connectivity index (χ2v) is 8.41. The van der Waals surface area contributed by atoms with Crippen LogP contribution < -0.4 is 0 Å². The Morgan fingerprint density at radius 3 is 2.07 bits per heavy atom. The van der Waals surface area contributed by atoms with Crippen LogP contribution in [-0.2, 0) is 38.6 Å². The van der Waals surface area contributed by atoms with Gasteiger partial charge in [0.1, 0.15) is 5.03 Å². The van der Waals surface area contributed by atoms with Crippen molar-refractivity contribution in [3.05, 3.63) is 9.40 Å². The van der Waals surface area contributed by atoms with Gasteiger partial charge >= 0.3 is 5.97 Å². The Morgan fingerprint density at radius 2 is 1.54 bits per heavy atom. The molecule has 9 nitrogen and oxygen atoms in total. The molecule has 0 saturated heterocycles. The highest BCUT2D eigenvalue weighted by Gasteiger charge is 2.42. The summed E-state index contributed by atoms with van der Waals surface area (Å²) in [5.74, 6) is -1.14. The third-order valence-electron chi connectivity index (χ3n) is 3.50. The van der Waals surface area contributed by atoms with E-state index in [0.29, 0.717) is 24.1 Å². The minimum absolute atomic E-state index is 0.0146. The van der Waals surface area contributed by atoms with Gasteiger partial charge in [0.25, 0.3) is 15.9 Å². The zero-order chi connectivity index (χ0) is 21.0. The first-order valence-corrected chi connectivity index (χ1v) is 11.0. The predicted octanol–water partition coefficient (Wildman–Crippen LogP) is 1.59. The molecule has 1 amide bonds. The molecule has 0 atom stereocenters. The van der Waals surface area contributed by atoms with Gasteiger partial charge in [0.05, 0.1) is 59.2 Å². The lowest BCUT2D eigenvalue weighted by atomic mass is 10.4. The predicted molar refractivity (Wildman–Crippen MR) is 102 cm³/mol. The number of sulfonamides is 1. The smallest absolute Gasteiger partial charge is 0.308 e. The van der Waals surface area contributed by atoms with Crippen molar-refractivity contribution in [1.82, 2.24) is 4.31 Å². The van der Waals surface area contributed by atoms with Crippen LogP contribution in [0.25, 0.3) is 0 Å². The summed E-state index contributed by atoms with van der Waals surface area (Å²) in [6, 6.07) is 0. The molecule has 1 heterocycles. The van der Waals surface area contributed by atoms with E-state index in [-0.39, 0.29) is 45.4 Å². The van der Waals surface area contributed by atoms with Gasteiger partial charge in [-0.3, -0.25) is 9.59 Å². The van der Waals surface area contributed by atoms with Crippen LogP contribution in [0.4, 0.5) is 0 Å². The van der Waals surface area contributed by atoms with Crippen molar-refractivity contribution >= 4 is 45.1 Å². The molecule has 0 unspecified atom stereocenters. The lowest BCUT2D eigenvalue weighted by Crippen LogP contribution is -2.34. The zero-order valence-electron chi connectivity index (χ0n) is 15.7. The van der Waals surface area contributed by atoms with Gasteiger partial charge in [0, 0.05) is 0 Å². The Hall–Kier alpha value is -0.910. The number of esters is 1. The summed E-state index contributed by atoms with van der Waals surface area (Å²) in [4.78, 5) is 23.0. The van der Waals surface area contributed by atoms with E-state index in [2.05, 4.69) is 0 Å². The fraction of sp³-hybridized carbons (Fsp3) is 0.750. The van der Waals surface area contributed by atoms with Crippen LogP contribution in [0.15, 0.2) is 9.40 Å². The molecule has 0 aromatic heterocycles. The second-order valence-electron chi connectivity index (χ2n) is 5.63. The summed E-state index contributed by atoms with van der Waals surface area (Å²) in [6.45, 7) is 3.64. The normalized spacial score (nSPS) is 16.1. The molecule has 1 aliphatic heterocycles. The van der Waals surface area contributed by atoms with Crippen molar-refractivity contribution in [3.8, 4) is 0 Å². The van der Waals surface area contributed by atoms with Crippen molar-refractivity contribution in [2.45, 2.75) is 26.2 Å². The minimum Gasteiger partial charge on any atom is -0.466 e. The van der Waals surface area contributed by atoms with Crippen molar-refractivity contribution in [1.29, 1.82) is 0 Å². The van der Waals surface area contributed by atoms with Crippen molar-refractivity contribution in [3.63, 3.8) is 0 Å². The fourth-order valence-corrected chi connectivity index (χ4v) is 3.89. The quantitative estimate of drug-likeness (QED) is 0.267. The highest BCUT2D eigenvalue weighted by atomic mass is 35.5. The van der Waals surface area contributed by atoms with Gasteiger partial charge in [-0.05, 0) is 6.42 Å². The number of nitrogens with zero attached hydrogens (tertiary/aromatic N) is 1. The number of unbranched alkanes of at least 4 members (excludes halogenated alkanes) is 1. The first-order valence-electron chi connectivity index (χ1n) is 8.83. The highest BCUT2D eigenvalue weighted by molar-refractivity contribution is 7.95. The molecule has 0 bridgehead atoms. The number of hydrogen-bond donors (Lipinski definition) is 0. The SMILES string of the molecule is CCCCOC(=O)CCOCCOCCOCCN1C(=O)C(Cl)=C(Cl)S1(=O)=O. The van der Waals surface area contributed by atoms with Gasteiger partial charge in [0.15, 0.2) is 4.36 Å². The van der Waals surface area contributed by atoms with Crippen LogP contribution in [0.3, 0.4) is 0 Å². The second kappa shape index (κ2) is 13.3. The summed E-state index contributed by atoms with van der Waals surface area (Å²) in [5, 5.41) is -0.515. The first-order chi connectivity index (χ1) is 13.3. The topological polar surface area (TPSA) is 108 Å². The Balaban J connectivity index is 1.96. The minimum atomic E-state index is -4.05. The summed E-state index contributed by atoms with van der Waals surface area (Å²) >= 11 is 11.1. The summed E-state index contributed by atoms with van der Waals surface area (Å²) in [5.41, 5.74) is 0. The van der Waals surface area contributed by atoms with Crippen molar-refractivity contribution in [2.75, 3.05) is 52.8 Å². The van der Waals surface area contributed by atoms with Crippen molar-refractivity contribution in [2.24, 2.45) is 0 Å². The molecule has 12 heteroatoms. The van der Waals surface area contributed by atoms with Gasteiger partial charge in [0.2, 0.25) is 0 Å². The van der Waals surface area contributed by atoms with Crippen molar-refractivity contribution < 1.29 is 37.0 Å². The molecule has 0 spiro atoms. The molecule has 0 saturated carbocycles. The van der Waals surface area contributed by atoms with Crippen LogP contribution in [0.1, 0.15) is 26.2 Å². The molecule has 0 radical (unpaired) electrons. The van der Waals surface area contributed by atoms with E-state index in [1.54, 1.807) is 0 Å². The van der Waals surface area contributed by atoms with E-state index >= 15 is 0 Å². The zero-order valence-corrected chi connectivity index (χ0v) is 18.0. The first kappa shape index (κ1) is 25.1. The van der Waals surface area contributed by atoms with E-state index in [1.807, 2.05) is 6.92 Å². The molecule has 0 N–H and O–H groups in total. The highest BCUT2D eigenvalue weighted by Crippen LogP contribution is 2.32. The lowest BCUT2D eigenvalue weighted by Gasteiger charge is -2.15. The molecule has 1 aliphatic rings. The molecular formula is C16H25Cl2NO8S. The average molecular weight is 462 g/mol. The van der Waals surface area contributed by atoms with Gasteiger partial charge in [-0.15, -0.1) is 0 Å². The maximum atomic E-state index is 11.8. The molecule has 28 heavy (non-hydrogen) atoms. The third-order valence-corrected chi connectivity index (χ3v) is 6.42. The molecule has 0 aromatic rings. The van der Waals surface area contributed by atoms with E-state index in [1.165, 1.54) is 0 Å². The largest absolute Gasteiger partial charge is 0.466 e. The van der Waals surface area contributed by atoms with Crippen LogP contribution in [0.5, 0.6) is 0 Å². The third kappa shape index (κ3) is 8.22. The number of amides is 1. The number of ether oxygens (including phenoxy) is 4. The van der Waals surface area contributed by atoms with Crippen LogP contribution in [0.2, 0.25) is 0 Å². The summed E-state index contributed by atoms with van der Waals surface area (Å²) in [6.07, 6.45) is 2.03.